The molecule has 0 aromatic heterocycles. The van der Waals surface area contributed by atoms with E-state index in [1.54, 1.807) is 0 Å². The Morgan fingerprint density at radius 3 is 2.67 bits per heavy atom. The van der Waals surface area contributed by atoms with Crippen LogP contribution in [0.2, 0.25) is 5.02 Å². The SMILES string of the molecule is Cc1cc(Cl)ccc1CCCCl. The average molecular weight is 203 g/mol. The van der Waals surface area contributed by atoms with E-state index in [4.69, 9.17) is 23.2 Å². The van der Waals surface area contributed by atoms with E-state index in [-0.39, 0.29) is 0 Å². The Hall–Kier alpha value is -0.200. The molecule has 0 atom stereocenters. The van der Waals surface area contributed by atoms with Crippen molar-refractivity contribution in [1.82, 2.24) is 0 Å². The lowest BCUT2D eigenvalue weighted by Crippen LogP contribution is -1.89. The first-order valence-corrected chi connectivity index (χ1v) is 4.96. The molecule has 0 radical (unpaired) electrons. The highest BCUT2D eigenvalue weighted by molar-refractivity contribution is 6.30. The minimum absolute atomic E-state index is 0.724. The monoisotopic (exact) mass is 202 g/mol. The van der Waals surface area contributed by atoms with Crippen molar-refractivity contribution in [2.24, 2.45) is 0 Å². The lowest BCUT2D eigenvalue weighted by atomic mass is 10.0. The molecule has 0 saturated carbocycles. The first-order chi connectivity index (χ1) is 5.74. The molecule has 0 aliphatic heterocycles. The summed E-state index contributed by atoms with van der Waals surface area (Å²) in [6.07, 6.45) is 2.08. The second-order valence-corrected chi connectivity index (χ2v) is 3.68. The van der Waals surface area contributed by atoms with E-state index in [1.807, 2.05) is 12.1 Å². The number of hydrogen-bond donors (Lipinski definition) is 0. The van der Waals surface area contributed by atoms with Gasteiger partial charge >= 0.3 is 0 Å². The lowest BCUT2D eigenvalue weighted by Gasteiger charge is -2.04. The zero-order chi connectivity index (χ0) is 8.97. The third kappa shape index (κ3) is 2.69. The van der Waals surface area contributed by atoms with E-state index in [9.17, 15) is 0 Å². The van der Waals surface area contributed by atoms with Crippen LogP contribution in [0.25, 0.3) is 0 Å². The molecule has 0 heterocycles. The minimum atomic E-state index is 0.724. The zero-order valence-corrected chi connectivity index (χ0v) is 8.62. The summed E-state index contributed by atoms with van der Waals surface area (Å²) in [5, 5.41) is 0.808. The zero-order valence-electron chi connectivity index (χ0n) is 7.11. The van der Waals surface area contributed by atoms with Gasteiger partial charge in [-0.2, -0.15) is 0 Å². The Kier molecular flexibility index (Phi) is 3.90. The lowest BCUT2D eigenvalue weighted by molar-refractivity contribution is 0.919. The maximum Gasteiger partial charge on any atom is 0.0408 e. The molecule has 0 aliphatic carbocycles. The fraction of sp³-hybridized carbons (Fsp3) is 0.400. The molecule has 0 unspecified atom stereocenters. The third-order valence-corrected chi connectivity index (χ3v) is 2.39. The quantitative estimate of drug-likeness (QED) is 0.655. The molecule has 0 nitrogen and oxygen atoms in total. The van der Waals surface area contributed by atoms with Gasteiger partial charge in [-0.25, -0.2) is 0 Å². The number of hydrogen-bond acceptors (Lipinski definition) is 0. The third-order valence-electron chi connectivity index (χ3n) is 1.88. The number of halogens is 2. The Bertz CT molecular complexity index is 256. The van der Waals surface area contributed by atoms with E-state index in [0.717, 1.165) is 23.7 Å². The topological polar surface area (TPSA) is 0 Å². The van der Waals surface area contributed by atoms with Crippen molar-refractivity contribution in [3.8, 4) is 0 Å². The number of alkyl halides is 1. The van der Waals surface area contributed by atoms with Crippen molar-refractivity contribution in [2.75, 3.05) is 5.88 Å². The smallest absolute Gasteiger partial charge is 0.0408 e. The Morgan fingerprint density at radius 2 is 2.08 bits per heavy atom. The van der Waals surface area contributed by atoms with Crippen LogP contribution >= 0.6 is 23.2 Å². The molecule has 0 amide bonds. The van der Waals surface area contributed by atoms with Gasteiger partial charge in [-0.15, -0.1) is 11.6 Å². The molecular weight excluding hydrogens is 191 g/mol. The second-order valence-electron chi connectivity index (χ2n) is 2.86. The summed E-state index contributed by atoms with van der Waals surface area (Å²) in [5.41, 5.74) is 2.60. The van der Waals surface area contributed by atoms with Crippen LogP contribution < -0.4 is 0 Å². The molecule has 1 rings (SSSR count). The van der Waals surface area contributed by atoms with Gasteiger partial charge in [-0.1, -0.05) is 17.7 Å². The molecule has 0 fully saturated rings. The Morgan fingerprint density at radius 1 is 1.33 bits per heavy atom. The van der Waals surface area contributed by atoms with Gasteiger partial charge in [0.05, 0.1) is 0 Å². The largest absolute Gasteiger partial charge is 0.127 e. The van der Waals surface area contributed by atoms with Crippen LogP contribution in [0.3, 0.4) is 0 Å². The Balaban J connectivity index is 2.72. The van der Waals surface area contributed by atoms with Crippen molar-refractivity contribution in [3.63, 3.8) is 0 Å². The Labute approximate surface area is 83.5 Å². The van der Waals surface area contributed by atoms with Crippen LogP contribution in [0.5, 0.6) is 0 Å². The summed E-state index contributed by atoms with van der Waals surface area (Å²) < 4.78 is 0. The van der Waals surface area contributed by atoms with Crippen LogP contribution in [0, 0.1) is 6.92 Å². The van der Waals surface area contributed by atoms with Crippen LogP contribution in [0.4, 0.5) is 0 Å². The maximum atomic E-state index is 5.82. The highest BCUT2D eigenvalue weighted by Gasteiger charge is 1.97. The predicted molar refractivity (Wildman–Crippen MR) is 55.2 cm³/mol. The molecule has 0 spiro atoms. The summed E-state index contributed by atoms with van der Waals surface area (Å²) in [4.78, 5) is 0. The molecule has 2 heteroatoms. The average Bonchev–Trinajstić information content (AvgIpc) is 2.03. The fourth-order valence-corrected chi connectivity index (χ4v) is 1.56. The van der Waals surface area contributed by atoms with E-state index in [0.29, 0.717) is 0 Å². The molecule has 1 aromatic carbocycles. The predicted octanol–water partition coefficient (Wildman–Crippen LogP) is 3.82. The molecular formula is C10H12Cl2. The first-order valence-electron chi connectivity index (χ1n) is 4.05. The van der Waals surface area contributed by atoms with Gasteiger partial charge in [0.1, 0.15) is 0 Å². The minimum Gasteiger partial charge on any atom is -0.127 e. The molecule has 12 heavy (non-hydrogen) atoms. The van der Waals surface area contributed by atoms with Gasteiger partial charge in [0.25, 0.3) is 0 Å². The van der Waals surface area contributed by atoms with Gasteiger partial charge < -0.3 is 0 Å². The fourth-order valence-electron chi connectivity index (χ4n) is 1.20. The van der Waals surface area contributed by atoms with E-state index < -0.39 is 0 Å². The molecule has 0 aliphatic rings. The molecule has 66 valence electrons. The van der Waals surface area contributed by atoms with Crippen LogP contribution in [0.1, 0.15) is 17.5 Å². The van der Waals surface area contributed by atoms with Crippen LogP contribution in [-0.2, 0) is 6.42 Å². The van der Waals surface area contributed by atoms with Crippen molar-refractivity contribution in [3.05, 3.63) is 34.3 Å². The summed E-state index contributed by atoms with van der Waals surface area (Å²) in [5.74, 6) is 0.724. The van der Waals surface area contributed by atoms with Gasteiger partial charge in [0, 0.05) is 10.9 Å². The highest BCUT2D eigenvalue weighted by atomic mass is 35.5. The van der Waals surface area contributed by atoms with E-state index in [1.165, 1.54) is 11.1 Å². The summed E-state index contributed by atoms with van der Waals surface area (Å²) in [6.45, 7) is 2.08. The van der Waals surface area contributed by atoms with Crippen molar-refractivity contribution >= 4 is 23.2 Å². The first kappa shape index (κ1) is 9.88. The molecule has 0 N–H and O–H groups in total. The summed E-state index contributed by atoms with van der Waals surface area (Å²) in [6, 6.07) is 5.99. The standard InChI is InChI=1S/C10H12Cl2/c1-8-7-10(12)5-4-9(8)3-2-6-11/h4-5,7H,2-3,6H2,1H3. The highest BCUT2D eigenvalue weighted by Crippen LogP contribution is 2.16. The van der Waals surface area contributed by atoms with Gasteiger partial charge in [0.15, 0.2) is 0 Å². The van der Waals surface area contributed by atoms with Crippen LogP contribution in [-0.4, -0.2) is 5.88 Å². The molecule has 1 aromatic rings. The number of aryl methyl sites for hydroxylation is 2. The van der Waals surface area contributed by atoms with Crippen molar-refractivity contribution < 1.29 is 0 Å². The molecule has 0 saturated heterocycles. The summed E-state index contributed by atoms with van der Waals surface area (Å²) >= 11 is 11.4. The van der Waals surface area contributed by atoms with E-state index >= 15 is 0 Å². The maximum absolute atomic E-state index is 5.82. The number of benzene rings is 1. The van der Waals surface area contributed by atoms with Gasteiger partial charge in [-0.3, -0.25) is 0 Å². The second kappa shape index (κ2) is 4.74. The van der Waals surface area contributed by atoms with Gasteiger partial charge in [0.2, 0.25) is 0 Å². The van der Waals surface area contributed by atoms with Crippen molar-refractivity contribution in [1.29, 1.82) is 0 Å². The number of rotatable bonds is 3. The summed E-state index contributed by atoms with van der Waals surface area (Å²) in [7, 11) is 0. The van der Waals surface area contributed by atoms with Crippen LogP contribution in [0.15, 0.2) is 18.2 Å². The van der Waals surface area contributed by atoms with Crippen molar-refractivity contribution in [2.45, 2.75) is 19.8 Å². The molecule has 0 bridgehead atoms. The van der Waals surface area contributed by atoms with Gasteiger partial charge in [-0.05, 0) is 43.0 Å². The van der Waals surface area contributed by atoms with E-state index in [2.05, 4.69) is 13.0 Å². The normalized spacial score (nSPS) is 10.2.